The molecule has 1 amide bonds. The smallest absolute Gasteiger partial charge is 0.231 e. The lowest BCUT2D eigenvalue weighted by atomic mass is 9.95. The molecule has 0 spiro atoms. The molecule has 2 unspecified atom stereocenters. The third-order valence-corrected chi connectivity index (χ3v) is 3.17. The molecule has 1 aromatic heterocycles. The van der Waals surface area contributed by atoms with Crippen molar-refractivity contribution < 1.29 is 9.32 Å². The second kappa shape index (κ2) is 4.65. The Morgan fingerprint density at radius 3 is 3.12 bits per heavy atom. The normalized spacial score (nSPS) is 24.6. The van der Waals surface area contributed by atoms with E-state index < -0.39 is 0 Å². The number of rotatable bonds is 3. The van der Waals surface area contributed by atoms with Gasteiger partial charge in [-0.15, -0.1) is 0 Å². The van der Waals surface area contributed by atoms with E-state index in [1.165, 1.54) is 0 Å². The average Bonchev–Trinajstić information content (AvgIpc) is 2.86. The third kappa shape index (κ3) is 2.24. The van der Waals surface area contributed by atoms with Gasteiger partial charge in [0.25, 0.3) is 0 Å². The van der Waals surface area contributed by atoms with Crippen molar-refractivity contribution in [2.24, 2.45) is 17.6 Å². The standard InChI is InChI=1S/C11H17N3O2/c1-7-5-10(16-14-7)13-11(15)9-4-2-3-8(9)6-12/h5,8-9H,2-4,6,12H2,1H3,(H,13,15). The maximum absolute atomic E-state index is 11.9. The zero-order valence-electron chi connectivity index (χ0n) is 9.40. The number of nitrogens with two attached hydrogens (primary N) is 1. The van der Waals surface area contributed by atoms with Gasteiger partial charge in [0, 0.05) is 12.0 Å². The van der Waals surface area contributed by atoms with E-state index in [0.717, 1.165) is 25.0 Å². The summed E-state index contributed by atoms with van der Waals surface area (Å²) < 4.78 is 4.95. The molecule has 1 saturated carbocycles. The number of amides is 1. The van der Waals surface area contributed by atoms with Gasteiger partial charge in [-0.1, -0.05) is 11.6 Å². The number of hydrogen-bond donors (Lipinski definition) is 2. The number of hydrogen-bond acceptors (Lipinski definition) is 4. The molecule has 2 rings (SSSR count). The molecule has 5 heteroatoms. The summed E-state index contributed by atoms with van der Waals surface area (Å²) in [6.07, 6.45) is 3.04. The molecule has 0 aromatic carbocycles. The van der Waals surface area contributed by atoms with Gasteiger partial charge in [-0.05, 0) is 32.2 Å². The number of nitrogens with one attached hydrogen (secondary N) is 1. The number of carbonyl (C=O) groups excluding carboxylic acids is 1. The first-order valence-electron chi connectivity index (χ1n) is 5.65. The van der Waals surface area contributed by atoms with E-state index in [2.05, 4.69) is 10.5 Å². The minimum absolute atomic E-state index is 0.00380. The quantitative estimate of drug-likeness (QED) is 0.809. The van der Waals surface area contributed by atoms with Crippen molar-refractivity contribution >= 4 is 11.8 Å². The monoisotopic (exact) mass is 223 g/mol. The Kier molecular flexibility index (Phi) is 3.24. The van der Waals surface area contributed by atoms with Crippen LogP contribution >= 0.6 is 0 Å². The first-order chi connectivity index (χ1) is 7.70. The lowest BCUT2D eigenvalue weighted by Crippen LogP contribution is -2.29. The van der Waals surface area contributed by atoms with Crippen molar-refractivity contribution in [1.29, 1.82) is 0 Å². The van der Waals surface area contributed by atoms with Crippen LogP contribution in [0, 0.1) is 18.8 Å². The van der Waals surface area contributed by atoms with Crippen LogP contribution in [-0.4, -0.2) is 17.6 Å². The van der Waals surface area contributed by atoms with Gasteiger partial charge in [0.1, 0.15) is 0 Å². The van der Waals surface area contributed by atoms with Crippen molar-refractivity contribution in [3.05, 3.63) is 11.8 Å². The summed E-state index contributed by atoms with van der Waals surface area (Å²) in [7, 11) is 0. The van der Waals surface area contributed by atoms with Gasteiger partial charge in [-0.2, -0.15) is 0 Å². The number of nitrogens with zero attached hydrogens (tertiary/aromatic N) is 1. The van der Waals surface area contributed by atoms with E-state index in [4.69, 9.17) is 10.3 Å². The molecule has 0 radical (unpaired) electrons. The predicted molar refractivity (Wildman–Crippen MR) is 59.8 cm³/mol. The Morgan fingerprint density at radius 2 is 2.50 bits per heavy atom. The molecule has 0 saturated heterocycles. The highest BCUT2D eigenvalue weighted by atomic mass is 16.5. The molecule has 1 fully saturated rings. The summed E-state index contributed by atoms with van der Waals surface area (Å²) in [4.78, 5) is 11.9. The fourth-order valence-electron chi connectivity index (χ4n) is 2.30. The zero-order valence-corrected chi connectivity index (χ0v) is 9.40. The highest BCUT2D eigenvalue weighted by Gasteiger charge is 2.32. The summed E-state index contributed by atoms with van der Waals surface area (Å²) >= 11 is 0. The first kappa shape index (κ1) is 11.1. The van der Waals surface area contributed by atoms with Gasteiger partial charge in [0.05, 0.1) is 5.69 Å². The van der Waals surface area contributed by atoms with Crippen molar-refractivity contribution in [3.8, 4) is 0 Å². The molecule has 0 aliphatic heterocycles. The molecule has 2 atom stereocenters. The number of aryl methyl sites for hydroxylation is 1. The van der Waals surface area contributed by atoms with E-state index in [1.54, 1.807) is 6.07 Å². The van der Waals surface area contributed by atoms with Crippen molar-refractivity contribution in [1.82, 2.24) is 5.16 Å². The van der Waals surface area contributed by atoms with Crippen LogP contribution in [0.1, 0.15) is 25.0 Å². The molecule has 88 valence electrons. The van der Waals surface area contributed by atoms with Crippen LogP contribution in [0.3, 0.4) is 0 Å². The average molecular weight is 223 g/mol. The largest absolute Gasteiger partial charge is 0.338 e. The molecule has 3 N–H and O–H groups in total. The maximum Gasteiger partial charge on any atom is 0.231 e. The van der Waals surface area contributed by atoms with Crippen molar-refractivity contribution in [2.75, 3.05) is 11.9 Å². The van der Waals surface area contributed by atoms with Gasteiger partial charge in [-0.3, -0.25) is 10.1 Å². The van der Waals surface area contributed by atoms with Crippen LogP contribution in [0.15, 0.2) is 10.6 Å². The van der Waals surface area contributed by atoms with E-state index >= 15 is 0 Å². The fourth-order valence-corrected chi connectivity index (χ4v) is 2.30. The Labute approximate surface area is 94.4 Å². The molecule has 1 aliphatic carbocycles. The highest BCUT2D eigenvalue weighted by molar-refractivity contribution is 5.91. The lowest BCUT2D eigenvalue weighted by molar-refractivity contribution is -0.120. The minimum atomic E-state index is 0.00380. The second-order valence-corrected chi connectivity index (χ2v) is 4.35. The lowest BCUT2D eigenvalue weighted by Gasteiger charge is -2.15. The highest BCUT2D eigenvalue weighted by Crippen LogP contribution is 2.31. The zero-order chi connectivity index (χ0) is 11.5. The molecular weight excluding hydrogens is 206 g/mol. The maximum atomic E-state index is 11.9. The van der Waals surface area contributed by atoms with E-state index in [-0.39, 0.29) is 11.8 Å². The van der Waals surface area contributed by atoms with Crippen molar-refractivity contribution in [2.45, 2.75) is 26.2 Å². The Hall–Kier alpha value is -1.36. The molecule has 16 heavy (non-hydrogen) atoms. The summed E-state index contributed by atoms with van der Waals surface area (Å²) in [5.41, 5.74) is 6.40. The van der Waals surface area contributed by atoms with Gasteiger partial charge in [0.2, 0.25) is 11.8 Å². The number of carbonyl (C=O) groups is 1. The van der Waals surface area contributed by atoms with Crippen LogP contribution < -0.4 is 11.1 Å². The van der Waals surface area contributed by atoms with Gasteiger partial charge in [0.15, 0.2) is 0 Å². The van der Waals surface area contributed by atoms with Gasteiger partial charge >= 0.3 is 0 Å². The van der Waals surface area contributed by atoms with Crippen LogP contribution in [0.25, 0.3) is 0 Å². The molecule has 1 heterocycles. The van der Waals surface area contributed by atoms with Crippen LogP contribution in [-0.2, 0) is 4.79 Å². The Morgan fingerprint density at radius 1 is 1.69 bits per heavy atom. The molecule has 0 bridgehead atoms. The van der Waals surface area contributed by atoms with E-state index in [9.17, 15) is 4.79 Å². The van der Waals surface area contributed by atoms with Gasteiger partial charge in [-0.25, -0.2) is 0 Å². The SMILES string of the molecule is Cc1cc(NC(=O)C2CCCC2CN)on1. The second-order valence-electron chi connectivity index (χ2n) is 4.35. The summed E-state index contributed by atoms with van der Waals surface area (Å²) in [6, 6.07) is 1.71. The Bertz CT molecular complexity index is 375. The Balaban J connectivity index is 1.97. The summed E-state index contributed by atoms with van der Waals surface area (Å²) in [6.45, 7) is 2.39. The molecule has 5 nitrogen and oxygen atoms in total. The van der Waals surface area contributed by atoms with E-state index in [0.29, 0.717) is 18.3 Å². The predicted octanol–water partition coefficient (Wildman–Crippen LogP) is 1.30. The minimum Gasteiger partial charge on any atom is -0.338 e. The third-order valence-electron chi connectivity index (χ3n) is 3.17. The van der Waals surface area contributed by atoms with Crippen LogP contribution in [0.4, 0.5) is 5.88 Å². The van der Waals surface area contributed by atoms with E-state index in [1.807, 2.05) is 6.92 Å². The van der Waals surface area contributed by atoms with Crippen molar-refractivity contribution in [3.63, 3.8) is 0 Å². The molecular formula is C11H17N3O2. The summed E-state index contributed by atoms with van der Waals surface area (Å²) in [5.74, 6) is 0.758. The first-order valence-corrected chi connectivity index (χ1v) is 5.65. The van der Waals surface area contributed by atoms with Gasteiger partial charge < -0.3 is 10.3 Å². The van der Waals surface area contributed by atoms with Crippen LogP contribution in [0.5, 0.6) is 0 Å². The van der Waals surface area contributed by atoms with Crippen LogP contribution in [0.2, 0.25) is 0 Å². The number of aromatic nitrogens is 1. The topological polar surface area (TPSA) is 81.2 Å². The molecule has 1 aliphatic rings. The fraction of sp³-hybridized carbons (Fsp3) is 0.636. The number of anilines is 1. The molecule has 1 aromatic rings. The summed E-state index contributed by atoms with van der Waals surface area (Å²) in [5, 5.41) is 6.47.